The van der Waals surface area contributed by atoms with Crippen LogP contribution in [0.2, 0.25) is 5.15 Å². The summed E-state index contributed by atoms with van der Waals surface area (Å²) in [5.41, 5.74) is 0.644. The molecule has 0 aliphatic carbocycles. The number of fused-ring (bicyclic) bond motifs is 1. The summed E-state index contributed by atoms with van der Waals surface area (Å²) in [6.07, 6.45) is 2.74. The van der Waals surface area contributed by atoms with Gasteiger partial charge in [-0.25, -0.2) is 15.0 Å². The molecule has 144 valence electrons. The van der Waals surface area contributed by atoms with Crippen LogP contribution in [-0.4, -0.2) is 14.5 Å². The van der Waals surface area contributed by atoms with E-state index in [0.29, 0.717) is 22.3 Å². The molecule has 2 aromatic heterocycles. The first-order chi connectivity index (χ1) is 13.1. The van der Waals surface area contributed by atoms with Crippen molar-refractivity contribution in [3.8, 4) is 12.3 Å². The lowest BCUT2D eigenvalue weighted by Crippen LogP contribution is -2.18. The summed E-state index contributed by atoms with van der Waals surface area (Å²) in [6, 6.07) is 4.57. The summed E-state index contributed by atoms with van der Waals surface area (Å²) in [6.45, 7) is 3.17. The van der Waals surface area contributed by atoms with Gasteiger partial charge in [0, 0.05) is 12.4 Å². The van der Waals surface area contributed by atoms with Crippen molar-refractivity contribution in [2.75, 3.05) is 0 Å². The molecule has 0 aliphatic rings. The maximum atomic E-state index is 13.3. The van der Waals surface area contributed by atoms with Crippen molar-refractivity contribution in [3.63, 3.8) is 0 Å². The fourth-order valence-corrected chi connectivity index (χ4v) is 3.16. The number of alkyl halides is 3. The van der Waals surface area contributed by atoms with Gasteiger partial charge in [-0.15, -0.1) is 6.42 Å². The third-order valence-electron chi connectivity index (χ3n) is 4.59. The summed E-state index contributed by atoms with van der Waals surface area (Å²) in [5.74, 6) is 3.12. The topological polar surface area (TPSA) is 43.1 Å². The highest BCUT2D eigenvalue weighted by Gasteiger charge is 2.33. The molecular weight excluding hydrogens is 389 g/mol. The number of halogens is 4. The Labute approximate surface area is 164 Å². The molecule has 0 radical (unpaired) electrons. The minimum Gasteiger partial charge on any atom is -0.331 e. The molecular formula is C20H16ClF3N4. The summed E-state index contributed by atoms with van der Waals surface area (Å²) in [7, 11) is 1.82. The molecule has 0 aliphatic heterocycles. The first kappa shape index (κ1) is 19.9. The van der Waals surface area contributed by atoms with Crippen molar-refractivity contribution in [1.29, 1.82) is 0 Å². The average Bonchev–Trinajstić information content (AvgIpc) is 2.63. The first-order valence-electron chi connectivity index (χ1n) is 8.29. The van der Waals surface area contributed by atoms with Crippen LogP contribution in [0, 0.1) is 26.2 Å². The zero-order chi connectivity index (χ0) is 20.6. The molecule has 28 heavy (non-hydrogen) atoms. The Hall–Kier alpha value is -2.85. The quantitative estimate of drug-likeness (QED) is 0.465. The fourth-order valence-electron chi connectivity index (χ4n) is 3.01. The molecule has 0 bridgehead atoms. The van der Waals surface area contributed by atoms with Crippen LogP contribution in [0.3, 0.4) is 0 Å². The van der Waals surface area contributed by atoms with E-state index in [1.165, 1.54) is 13.0 Å². The highest BCUT2D eigenvalue weighted by atomic mass is 35.5. The maximum Gasteiger partial charge on any atom is 0.416 e. The van der Waals surface area contributed by atoms with E-state index in [2.05, 4.69) is 20.9 Å². The summed E-state index contributed by atoms with van der Waals surface area (Å²) in [4.78, 5) is 13.0. The Morgan fingerprint density at radius 3 is 2.64 bits per heavy atom. The van der Waals surface area contributed by atoms with Crippen molar-refractivity contribution in [2.45, 2.75) is 26.1 Å². The van der Waals surface area contributed by atoms with Gasteiger partial charge in [-0.1, -0.05) is 29.7 Å². The molecule has 0 saturated heterocycles. The maximum absolute atomic E-state index is 13.3. The van der Waals surface area contributed by atoms with Crippen molar-refractivity contribution in [2.24, 2.45) is 12.0 Å². The van der Waals surface area contributed by atoms with Crippen LogP contribution < -0.4 is 5.49 Å². The van der Waals surface area contributed by atoms with Crippen molar-refractivity contribution < 1.29 is 13.2 Å². The first-order valence-corrected chi connectivity index (χ1v) is 8.67. The number of benzene rings is 1. The average molecular weight is 405 g/mol. The van der Waals surface area contributed by atoms with Gasteiger partial charge in [0.05, 0.1) is 17.3 Å². The van der Waals surface area contributed by atoms with Gasteiger partial charge in [0.2, 0.25) is 0 Å². The molecule has 0 N–H and O–H groups in total. The molecule has 1 aromatic carbocycles. The van der Waals surface area contributed by atoms with Gasteiger partial charge in [-0.05, 0) is 37.1 Å². The normalized spacial score (nSPS) is 13.6. The van der Waals surface area contributed by atoms with E-state index in [-0.39, 0.29) is 10.7 Å². The van der Waals surface area contributed by atoms with E-state index < -0.39 is 17.8 Å². The Morgan fingerprint density at radius 1 is 1.29 bits per heavy atom. The van der Waals surface area contributed by atoms with E-state index in [1.54, 1.807) is 25.3 Å². The van der Waals surface area contributed by atoms with E-state index in [1.807, 2.05) is 11.6 Å². The van der Waals surface area contributed by atoms with Gasteiger partial charge < -0.3 is 4.57 Å². The van der Waals surface area contributed by atoms with Crippen LogP contribution in [0.25, 0.3) is 10.9 Å². The summed E-state index contributed by atoms with van der Waals surface area (Å²) < 4.78 is 41.6. The van der Waals surface area contributed by atoms with E-state index in [9.17, 15) is 13.2 Å². The molecule has 2 heterocycles. The van der Waals surface area contributed by atoms with E-state index in [0.717, 1.165) is 11.6 Å². The third-order valence-corrected chi connectivity index (χ3v) is 4.80. The zero-order valence-corrected chi connectivity index (χ0v) is 16.1. The minimum atomic E-state index is -4.47. The monoisotopic (exact) mass is 404 g/mol. The van der Waals surface area contributed by atoms with Crippen LogP contribution in [0.4, 0.5) is 13.2 Å². The molecule has 0 saturated carbocycles. The third kappa shape index (κ3) is 3.60. The van der Waals surface area contributed by atoms with Gasteiger partial charge >= 0.3 is 6.18 Å². The lowest BCUT2D eigenvalue weighted by molar-refractivity contribution is -0.138. The van der Waals surface area contributed by atoms with Crippen molar-refractivity contribution in [1.82, 2.24) is 14.5 Å². The Kier molecular flexibility index (Phi) is 5.18. The molecule has 4 nitrogen and oxygen atoms in total. The number of aromatic nitrogens is 3. The van der Waals surface area contributed by atoms with Crippen LogP contribution >= 0.6 is 11.6 Å². The largest absolute Gasteiger partial charge is 0.416 e. The molecule has 8 heteroatoms. The zero-order valence-electron chi connectivity index (χ0n) is 15.3. The lowest BCUT2D eigenvalue weighted by atomic mass is 9.97. The number of hydrogen-bond acceptors (Lipinski definition) is 3. The fraction of sp³-hybridized carbons (Fsp3) is 0.250. The van der Waals surface area contributed by atoms with Gasteiger partial charge in [0.15, 0.2) is 5.49 Å². The number of pyridine rings is 1. The highest BCUT2D eigenvalue weighted by Crippen LogP contribution is 2.35. The minimum absolute atomic E-state index is 0.0453. The second kappa shape index (κ2) is 7.28. The molecule has 1 unspecified atom stereocenters. The van der Waals surface area contributed by atoms with Crippen molar-refractivity contribution >= 4 is 22.5 Å². The molecule has 0 amide bonds. The van der Waals surface area contributed by atoms with Gasteiger partial charge in [0.25, 0.3) is 0 Å². The van der Waals surface area contributed by atoms with Crippen LogP contribution in [-0.2, 0) is 13.2 Å². The van der Waals surface area contributed by atoms with E-state index >= 15 is 0 Å². The number of aryl methyl sites for hydroxylation is 2. The molecule has 0 fully saturated rings. The van der Waals surface area contributed by atoms with Gasteiger partial charge in [-0.2, -0.15) is 13.2 Å². The predicted molar refractivity (Wildman–Crippen MR) is 102 cm³/mol. The second-order valence-corrected chi connectivity index (χ2v) is 6.67. The molecule has 3 rings (SSSR count). The standard InChI is InChI=1S/C20H16ClF3N4/c1-5-16(13-7-6-8-15(11(13)2)20(22,23)24)27-19-14-9-18(21)25-10-17(14)28(4)12(3)26-19/h1,6-10,16H,2-4H3/b27-19-. The van der Waals surface area contributed by atoms with Crippen LogP contribution in [0.15, 0.2) is 35.5 Å². The summed E-state index contributed by atoms with van der Waals surface area (Å²) in [5, 5.41) is 0.861. The highest BCUT2D eigenvalue weighted by molar-refractivity contribution is 6.30. The second-order valence-electron chi connectivity index (χ2n) is 6.28. The summed E-state index contributed by atoms with van der Waals surface area (Å²) >= 11 is 6.01. The number of rotatable bonds is 2. The number of hydrogen-bond donors (Lipinski definition) is 0. The van der Waals surface area contributed by atoms with Gasteiger partial charge in [0.1, 0.15) is 17.0 Å². The predicted octanol–water partition coefficient (Wildman–Crippen LogP) is 4.53. The molecule has 3 aromatic rings. The molecule has 1 atom stereocenters. The Balaban J connectivity index is 2.28. The SMILES string of the molecule is C#CC(/N=c1\nc(C)n(C)c2cnc(Cl)cc12)c1cccc(C(F)(F)F)c1C. The number of terminal acetylenes is 1. The smallest absolute Gasteiger partial charge is 0.331 e. The van der Waals surface area contributed by atoms with Crippen molar-refractivity contribution in [3.05, 3.63) is 63.6 Å². The van der Waals surface area contributed by atoms with Crippen LogP contribution in [0.1, 0.15) is 28.6 Å². The van der Waals surface area contributed by atoms with Gasteiger partial charge in [-0.3, -0.25) is 0 Å². The Morgan fingerprint density at radius 2 is 2.00 bits per heavy atom. The number of nitrogens with zero attached hydrogens (tertiary/aromatic N) is 4. The van der Waals surface area contributed by atoms with E-state index in [4.69, 9.17) is 18.0 Å². The molecule has 0 spiro atoms. The lowest BCUT2D eigenvalue weighted by Gasteiger charge is -2.16. The van der Waals surface area contributed by atoms with Crippen LogP contribution in [0.5, 0.6) is 0 Å². The Bertz CT molecular complexity index is 1170.